The van der Waals surface area contributed by atoms with Gasteiger partial charge in [-0.3, -0.25) is 9.69 Å². The van der Waals surface area contributed by atoms with Crippen molar-refractivity contribution in [1.82, 2.24) is 15.1 Å². The van der Waals surface area contributed by atoms with Crippen LogP contribution in [0, 0.1) is 0 Å². The molecule has 0 aromatic rings. The molecule has 0 saturated carbocycles. The molecule has 1 amide bonds. The van der Waals surface area contributed by atoms with Crippen LogP contribution in [0.25, 0.3) is 0 Å². The number of alkyl halides is 3. The van der Waals surface area contributed by atoms with Gasteiger partial charge in [0.1, 0.15) is 6.54 Å². The Kier molecular flexibility index (Phi) is 7.29. The maximum atomic E-state index is 12.5. The molecule has 1 aliphatic heterocycles. The summed E-state index contributed by atoms with van der Waals surface area (Å²) in [7, 11) is 0. The Morgan fingerprint density at radius 3 is 2.70 bits per heavy atom. The summed E-state index contributed by atoms with van der Waals surface area (Å²) in [5.74, 6) is -0.419. The topological polar surface area (TPSA) is 35.6 Å². The highest BCUT2D eigenvalue weighted by molar-refractivity contribution is 5.78. The molecule has 7 heteroatoms. The highest BCUT2D eigenvalue weighted by Crippen LogP contribution is 2.17. The fourth-order valence-electron chi connectivity index (χ4n) is 2.21. The van der Waals surface area contributed by atoms with Gasteiger partial charge >= 0.3 is 6.18 Å². The quantitative estimate of drug-likeness (QED) is 0.806. The molecule has 1 aliphatic rings. The van der Waals surface area contributed by atoms with Crippen molar-refractivity contribution in [2.45, 2.75) is 32.4 Å². The number of unbranched alkanes of at least 4 members (excludes halogenated alkanes) is 1. The Balaban J connectivity index is 2.52. The molecule has 0 atom stereocenters. The van der Waals surface area contributed by atoms with Gasteiger partial charge in [-0.05, 0) is 25.9 Å². The predicted octanol–water partition coefficient (Wildman–Crippen LogP) is 1.47. The predicted molar refractivity (Wildman–Crippen MR) is 71.5 cm³/mol. The van der Waals surface area contributed by atoms with Crippen molar-refractivity contribution >= 4 is 5.91 Å². The zero-order valence-electron chi connectivity index (χ0n) is 12.0. The van der Waals surface area contributed by atoms with Gasteiger partial charge in [-0.15, -0.1) is 0 Å². The van der Waals surface area contributed by atoms with Gasteiger partial charge in [-0.1, -0.05) is 13.3 Å². The molecule has 0 aromatic heterocycles. The minimum Gasteiger partial charge on any atom is -0.332 e. The number of hydrogen-bond acceptors (Lipinski definition) is 3. The molecule has 1 rings (SSSR count). The van der Waals surface area contributed by atoms with E-state index in [1.807, 2.05) is 11.8 Å². The van der Waals surface area contributed by atoms with Gasteiger partial charge in [0.05, 0.1) is 6.54 Å². The lowest BCUT2D eigenvalue weighted by Crippen LogP contribution is -2.45. The minimum atomic E-state index is -4.33. The van der Waals surface area contributed by atoms with E-state index in [4.69, 9.17) is 0 Å². The Morgan fingerprint density at radius 2 is 2.05 bits per heavy atom. The third-order valence-electron chi connectivity index (χ3n) is 3.30. The summed E-state index contributed by atoms with van der Waals surface area (Å²) >= 11 is 0. The smallest absolute Gasteiger partial charge is 0.332 e. The number of halogens is 3. The molecule has 0 aliphatic carbocycles. The highest BCUT2D eigenvalue weighted by atomic mass is 19.4. The van der Waals surface area contributed by atoms with Crippen LogP contribution in [-0.2, 0) is 4.79 Å². The van der Waals surface area contributed by atoms with E-state index in [2.05, 4.69) is 5.32 Å². The van der Waals surface area contributed by atoms with E-state index in [1.54, 1.807) is 0 Å². The summed E-state index contributed by atoms with van der Waals surface area (Å²) in [6.07, 6.45) is -2.04. The molecule has 118 valence electrons. The second kappa shape index (κ2) is 8.46. The summed E-state index contributed by atoms with van der Waals surface area (Å²) < 4.78 is 37.6. The second-order valence-corrected chi connectivity index (χ2v) is 5.16. The molecule has 1 heterocycles. The van der Waals surface area contributed by atoms with E-state index in [0.29, 0.717) is 13.0 Å². The number of nitrogens with one attached hydrogen (secondary N) is 1. The Labute approximate surface area is 118 Å². The summed E-state index contributed by atoms with van der Waals surface area (Å²) in [4.78, 5) is 14.9. The Hall–Kier alpha value is -0.820. The normalized spacial score (nSPS) is 17.8. The molecule has 0 bridgehead atoms. The van der Waals surface area contributed by atoms with Gasteiger partial charge in [0, 0.05) is 19.6 Å². The molecule has 0 unspecified atom stereocenters. The summed E-state index contributed by atoms with van der Waals surface area (Å²) in [5.41, 5.74) is 0. The standard InChI is InChI=1S/C13H24F3N3O/c1-2-3-8-19(11-13(14,15)16)12(20)10-18-7-4-5-17-6-9-18/h17H,2-11H2,1H3. The van der Waals surface area contributed by atoms with E-state index in [-0.39, 0.29) is 13.1 Å². The van der Waals surface area contributed by atoms with Gasteiger partial charge in [0.15, 0.2) is 0 Å². The lowest BCUT2D eigenvalue weighted by Gasteiger charge is -2.27. The van der Waals surface area contributed by atoms with Crippen molar-refractivity contribution < 1.29 is 18.0 Å². The first-order valence-electron chi connectivity index (χ1n) is 7.20. The maximum absolute atomic E-state index is 12.5. The van der Waals surface area contributed by atoms with Crippen molar-refractivity contribution in [2.24, 2.45) is 0 Å². The minimum absolute atomic E-state index is 0.0848. The van der Waals surface area contributed by atoms with Crippen LogP contribution >= 0.6 is 0 Å². The Morgan fingerprint density at radius 1 is 1.30 bits per heavy atom. The number of nitrogens with zero attached hydrogens (tertiary/aromatic N) is 2. The highest BCUT2D eigenvalue weighted by Gasteiger charge is 2.33. The number of amides is 1. The van der Waals surface area contributed by atoms with Crippen molar-refractivity contribution in [1.29, 1.82) is 0 Å². The van der Waals surface area contributed by atoms with Crippen LogP contribution in [0.4, 0.5) is 13.2 Å². The van der Waals surface area contributed by atoms with Crippen molar-refractivity contribution in [2.75, 3.05) is 45.8 Å². The fourth-order valence-corrected chi connectivity index (χ4v) is 2.21. The average Bonchev–Trinajstić information content (AvgIpc) is 2.61. The van der Waals surface area contributed by atoms with Crippen LogP contribution < -0.4 is 5.32 Å². The van der Waals surface area contributed by atoms with Crippen LogP contribution in [-0.4, -0.2) is 67.7 Å². The van der Waals surface area contributed by atoms with Crippen molar-refractivity contribution in [3.8, 4) is 0 Å². The third kappa shape index (κ3) is 7.09. The van der Waals surface area contributed by atoms with Crippen LogP contribution in [0.3, 0.4) is 0 Å². The van der Waals surface area contributed by atoms with Crippen LogP contribution in [0.2, 0.25) is 0 Å². The first-order chi connectivity index (χ1) is 9.42. The average molecular weight is 295 g/mol. The van der Waals surface area contributed by atoms with Crippen LogP contribution in [0.1, 0.15) is 26.2 Å². The zero-order chi connectivity index (χ0) is 15.0. The van der Waals surface area contributed by atoms with Gasteiger partial charge < -0.3 is 10.2 Å². The van der Waals surface area contributed by atoms with Crippen LogP contribution in [0.5, 0.6) is 0 Å². The van der Waals surface area contributed by atoms with E-state index in [1.165, 1.54) is 0 Å². The van der Waals surface area contributed by atoms with E-state index in [0.717, 1.165) is 37.4 Å². The number of carbonyl (C=O) groups excluding carboxylic acids is 1. The molecule has 1 N–H and O–H groups in total. The molecule has 4 nitrogen and oxygen atoms in total. The lowest BCUT2D eigenvalue weighted by atomic mass is 10.3. The van der Waals surface area contributed by atoms with Gasteiger partial charge in [-0.2, -0.15) is 13.2 Å². The van der Waals surface area contributed by atoms with Gasteiger partial charge in [0.2, 0.25) is 5.91 Å². The molecular weight excluding hydrogens is 271 g/mol. The van der Waals surface area contributed by atoms with Crippen molar-refractivity contribution in [3.63, 3.8) is 0 Å². The summed E-state index contributed by atoms with van der Waals surface area (Å²) in [6.45, 7) is 4.16. The van der Waals surface area contributed by atoms with Crippen LogP contribution in [0.15, 0.2) is 0 Å². The number of hydrogen-bond donors (Lipinski definition) is 1. The SMILES string of the molecule is CCCCN(CC(F)(F)F)C(=O)CN1CCCNCC1. The van der Waals surface area contributed by atoms with Gasteiger partial charge in [-0.25, -0.2) is 0 Å². The van der Waals surface area contributed by atoms with E-state index in [9.17, 15) is 18.0 Å². The molecule has 20 heavy (non-hydrogen) atoms. The van der Waals surface area contributed by atoms with Gasteiger partial charge in [0.25, 0.3) is 0 Å². The lowest BCUT2D eigenvalue weighted by molar-refractivity contribution is -0.162. The first kappa shape index (κ1) is 17.2. The Bertz CT molecular complexity index is 289. The van der Waals surface area contributed by atoms with Crippen molar-refractivity contribution in [3.05, 3.63) is 0 Å². The fraction of sp³-hybridized carbons (Fsp3) is 0.923. The first-order valence-corrected chi connectivity index (χ1v) is 7.20. The number of carbonyl (C=O) groups is 1. The number of rotatable bonds is 6. The maximum Gasteiger partial charge on any atom is 0.406 e. The van der Waals surface area contributed by atoms with E-state index < -0.39 is 18.6 Å². The molecule has 0 spiro atoms. The molecule has 0 aromatic carbocycles. The monoisotopic (exact) mass is 295 g/mol. The summed E-state index contributed by atoms with van der Waals surface area (Å²) in [6, 6.07) is 0. The molecule has 1 saturated heterocycles. The summed E-state index contributed by atoms with van der Waals surface area (Å²) in [5, 5.41) is 3.21. The molecule has 0 radical (unpaired) electrons. The molecule has 1 fully saturated rings. The largest absolute Gasteiger partial charge is 0.406 e. The molecular formula is C13H24F3N3O. The van der Waals surface area contributed by atoms with E-state index >= 15 is 0 Å². The third-order valence-corrected chi connectivity index (χ3v) is 3.30. The zero-order valence-corrected chi connectivity index (χ0v) is 12.0. The second-order valence-electron chi connectivity index (χ2n) is 5.16.